The van der Waals surface area contributed by atoms with E-state index in [0.29, 0.717) is 0 Å². The molecular weight excluding hydrogens is 264 g/mol. The Bertz CT molecular complexity index is 462. The number of nitrogens with zero attached hydrogens (tertiary/aromatic N) is 2. The number of amides is 1. The van der Waals surface area contributed by atoms with Crippen LogP contribution in [-0.2, 0) is 4.79 Å². The predicted molar refractivity (Wildman–Crippen MR) is 84.5 cm³/mol. The van der Waals surface area contributed by atoms with Crippen molar-refractivity contribution in [3.05, 3.63) is 18.3 Å². The summed E-state index contributed by atoms with van der Waals surface area (Å²) in [5, 5.41) is 6.25. The van der Waals surface area contributed by atoms with Crippen molar-refractivity contribution < 1.29 is 4.79 Å². The van der Waals surface area contributed by atoms with Crippen LogP contribution in [0.5, 0.6) is 0 Å². The average molecular weight is 288 g/mol. The summed E-state index contributed by atoms with van der Waals surface area (Å²) in [5.74, 6) is 1.21. The summed E-state index contributed by atoms with van der Waals surface area (Å²) in [4.78, 5) is 19.0. The Morgan fingerprint density at radius 2 is 2.10 bits per heavy atom. The fourth-order valence-electron chi connectivity index (χ4n) is 3.09. The lowest BCUT2D eigenvalue weighted by molar-refractivity contribution is -0.120. The van der Waals surface area contributed by atoms with Gasteiger partial charge in [0.15, 0.2) is 0 Å². The third-order valence-electron chi connectivity index (χ3n) is 4.36. The van der Waals surface area contributed by atoms with E-state index in [1.54, 1.807) is 6.20 Å². The van der Waals surface area contributed by atoms with E-state index in [-0.39, 0.29) is 11.8 Å². The Morgan fingerprint density at radius 3 is 2.76 bits per heavy atom. The van der Waals surface area contributed by atoms with Gasteiger partial charge in [-0.1, -0.05) is 0 Å². The second-order valence-corrected chi connectivity index (χ2v) is 5.99. The molecule has 3 rings (SSSR count). The maximum absolute atomic E-state index is 12.2. The van der Waals surface area contributed by atoms with Crippen molar-refractivity contribution in [1.82, 2.24) is 10.3 Å². The van der Waals surface area contributed by atoms with Gasteiger partial charge >= 0.3 is 0 Å². The minimum absolute atomic E-state index is 0.0838. The molecular formula is C16H24N4O. The predicted octanol–water partition coefficient (Wildman–Crippen LogP) is 2.01. The number of nitrogens with one attached hydrogen (secondary N) is 2. The van der Waals surface area contributed by atoms with Gasteiger partial charge in [-0.2, -0.15) is 0 Å². The first kappa shape index (κ1) is 14.3. The van der Waals surface area contributed by atoms with E-state index in [0.717, 1.165) is 50.5 Å². The topological polar surface area (TPSA) is 57.3 Å². The molecule has 0 saturated carbocycles. The molecule has 1 aromatic rings. The van der Waals surface area contributed by atoms with Crippen LogP contribution in [0.1, 0.15) is 32.1 Å². The minimum atomic E-state index is 0.0838. The van der Waals surface area contributed by atoms with Gasteiger partial charge in [-0.25, -0.2) is 4.98 Å². The van der Waals surface area contributed by atoms with Gasteiger partial charge in [0.05, 0.1) is 17.8 Å². The van der Waals surface area contributed by atoms with Crippen LogP contribution in [-0.4, -0.2) is 37.1 Å². The Morgan fingerprint density at radius 1 is 1.24 bits per heavy atom. The monoisotopic (exact) mass is 288 g/mol. The Kier molecular flexibility index (Phi) is 4.70. The minimum Gasteiger partial charge on any atom is -0.357 e. The van der Waals surface area contributed by atoms with E-state index in [1.165, 1.54) is 19.3 Å². The molecule has 1 amide bonds. The third-order valence-corrected chi connectivity index (χ3v) is 4.36. The highest BCUT2D eigenvalue weighted by atomic mass is 16.1. The number of piperidine rings is 2. The molecule has 21 heavy (non-hydrogen) atoms. The van der Waals surface area contributed by atoms with Crippen molar-refractivity contribution in [2.45, 2.75) is 32.1 Å². The zero-order valence-corrected chi connectivity index (χ0v) is 12.5. The van der Waals surface area contributed by atoms with Crippen molar-refractivity contribution >= 4 is 17.4 Å². The van der Waals surface area contributed by atoms with Crippen LogP contribution in [0.2, 0.25) is 0 Å². The van der Waals surface area contributed by atoms with Crippen molar-refractivity contribution in [2.24, 2.45) is 5.92 Å². The summed E-state index contributed by atoms with van der Waals surface area (Å²) < 4.78 is 0. The number of rotatable bonds is 3. The maximum Gasteiger partial charge on any atom is 0.228 e. The summed E-state index contributed by atoms with van der Waals surface area (Å²) in [6.45, 7) is 3.99. The summed E-state index contributed by atoms with van der Waals surface area (Å²) in [6, 6.07) is 3.98. The van der Waals surface area contributed by atoms with Crippen molar-refractivity contribution in [2.75, 3.05) is 36.4 Å². The fraction of sp³-hybridized carbons (Fsp3) is 0.625. The summed E-state index contributed by atoms with van der Waals surface area (Å²) in [7, 11) is 0. The highest BCUT2D eigenvalue weighted by Crippen LogP contribution is 2.20. The van der Waals surface area contributed by atoms with E-state index < -0.39 is 0 Å². The van der Waals surface area contributed by atoms with Gasteiger partial charge in [-0.3, -0.25) is 4.79 Å². The fourth-order valence-corrected chi connectivity index (χ4v) is 3.09. The highest BCUT2D eigenvalue weighted by Gasteiger charge is 2.21. The summed E-state index contributed by atoms with van der Waals surface area (Å²) >= 11 is 0. The number of pyridine rings is 1. The number of aromatic nitrogens is 1. The summed E-state index contributed by atoms with van der Waals surface area (Å²) in [5.41, 5.74) is 0.798. The first-order valence-electron chi connectivity index (χ1n) is 8.05. The van der Waals surface area contributed by atoms with Gasteiger partial charge in [-0.05, 0) is 50.8 Å². The molecule has 5 nitrogen and oxygen atoms in total. The zero-order chi connectivity index (χ0) is 14.5. The van der Waals surface area contributed by atoms with E-state index >= 15 is 0 Å². The number of carbonyl (C=O) groups is 1. The van der Waals surface area contributed by atoms with Crippen LogP contribution < -0.4 is 15.5 Å². The van der Waals surface area contributed by atoms with E-state index in [4.69, 9.17) is 0 Å². The molecule has 2 aliphatic rings. The normalized spacial score (nSPS) is 22.9. The van der Waals surface area contributed by atoms with Gasteiger partial charge in [0, 0.05) is 19.6 Å². The molecule has 2 N–H and O–H groups in total. The molecule has 0 unspecified atom stereocenters. The quantitative estimate of drug-likeness (QED) is 0.893. The van der Waals surface area contributed by atoms with Crippen LogP contribution in [0.15, 0.2) is 18.3 Å². The third kappa shape index (κ3) is 3.73. The number of hydrogen-bond donors (Lipinski definition) is 2. The highest BCUT2D eigenvalue weighted by molar-refractivity contribution is 5.92. The molecule has 0 radical (unpaired) electrons. The molecule has 2 saturated heterocycles. The number of carbonyl (C=O) groups excluding carboxylic acids is 1. The molecule has 0 aliphatic carbocycles. The molecule has 1 atom stereocenters. The molecule has 5 heteroatoms. The van der Waals surface area contributed by atoms with Crippen molar-refractivity contribution in [3.63, 3.8) is 0 Å². The largest absolute Gasteiger partial charge is 0.357 e. The van der Waals surface area contributed by atoms with E-state index in [2.05, 4.69) is 20.5 Å². The molecule has 114 valence electrons. The Balaban J connectivity index is 1.57. The molecule has 0 aromatic carbocycles. The zero-order valence-electron chi connectivity index (χ0n) is 12.5. The van der Waals surface area contributed by atoms with E-state index in [1.807, 2.05) is 12.1 Å². The molecule has 1 aromatic heterocycles. The lowest BCUT2D eigenvalue weighted by atomic mass is 9.99. The SMILES string of the molecule is O=C(Nc1ccc(N2CCCCC2)nc1)[C@H]1CCCNC1. The second kappa shape index (κ2) is 6.89. The van der Waals surface area contributed by atoms with Gasteiger partial charge in [0.2, 0.25) is 5.91 Å². The van der Waals surface area contributed by atoms with Gasteiger partial charge < -0.3 is 15.5 Å². The average Bonchev–Trinajstić information content (AvgIpc) is 2.57. The first-order valence-corrected chi connectivity index (χ1v) is 8.05. The molecule has 2 fully saturated rings. The molecule has 0 bridgehead atoms. The van der Waals surface area contributed by atoms with Crippen LogP contribution >= 0.6 is 0 Å². The molecule has 2 aliphatic heterocycles. The smallest absolute Gasteiger partial charge is 0.228 e. The second-order valence-electron chi connectivity index (χ2n) is 5.99. The van der Waals surface area contributed by atoms with Crippen molar-refractivity contribution in [1.29, 1.82) is 0 Å². The number of hydrogen-bond acceptors (Lipinski definition) is 4. The lowest BCUT2D eigenvalue weighted by Gasteiger charge is -2.27. The molecule has 0 spiro atoms. The van der Waals surface area contributed by atoms with Gasteiger partial charge in [0.25, 0.3) is 0 Å². The van der Waals surface area contributed by atoms with Gasteiger partial charge in [-0.15, -0.1) is 0 Å². The standard InChI is InChI=1S/C16H24N4O/c21-16(13-5-4-8-17-11-13)19-14-6-7-15(18-12-14)20-9-2-1-3-10-20/h6-7,12-13,17H,1-5,8-11H2,(H,19,21)/t13-/m0/s1. The number of anilines is 2. The van der Waals surface area contributed by atoms with Crippen LogP contribution in [0.25, 0.3) is 0 Å². The van der Waals surface area contributed by atoms with Gasteiger partial charge in [0.1, 0.15) is 5.82 Å². The first-order chi connectivity index (χ1) is 10.3. The van der Waals surface area contributed by atoms with Crippen molar-refractivity contribution in [3.8, 4) is 0 Å². The lowest BCUT2D eigenvalue weighted by Crippen LogP contribution is -2.37. The summed E-state index contributed by atoms with van der Waals surface area (Å²) in [6.07, 6.45) is 7.63. The maximum atomic E-state index is 12.2. The van der Waals surface area contributed by atoms with Crippen LogP contribution in [0, 0.1) is 5.92 Å². The Labute approximate surface area is 126 Å². The van der Waals surface area contributed by atoms with E-state index in [9.17, 15) is 4.79 Å². The van der Waals surface area contributed by atoms with Crippen LogP contribution in [0.3, 0.4) is 0 Å². The Hall–Kier alpha value is -1.62. The molecule has 3 heterocycles. The van der Waals surface area contributed by atoms with Crippen LogP contribution in [0.4, 0.5) is 11.5 Å².